The van der Waals surface area contributed by atoms with Crippen LogP contribution in [-0.4, -0.2) is 20.0 Å². The van der Waals surface area contributed by atoms with E-state index in [0.717, 1.165) is 17.8 Å². The molecule has 0 saturated carbocycles. The van der Waals surface area contributed by atoms with Crippen molar-refractivity contribution in [3.05, 3.63) is 58.6 Å². The number of nitrogens with one attached hydrogen (secondary N) is 1. The molecule has 3 nitrogen and oxygen atoms in total. The summed E-state index contributed by atoms with van der Waals surface area (Å²) in [7, 11) is 3.63. The second-order valence-corrected chi connectivity index (χ2v) is 5.08. The number of nitrogens with zero attached hydrogens (tertiary/aromatic N) is 1. The van der Waals surface area contributed by atoms with Gasteiger partial charge in [0.1, 0.15) is 0 Å². The number of hydrogen-bond acceptors (Lipinski definition) is 2. The summed E-state index contributed by atoms with van der Waals surface area (Å²) >= 11 is 5.92. The molecule has 0 aromatic heterocycles. The molecule has 0 aliphatic carbocycles. The molecular weight excluding hydrogens is 298 g/mol. The van der Waals surface area contributed by atoms with Crippen molar-refractivity contribution in [2.75, 3.05) is 24.3 Å². The van der Waals surface area contributed by atoms with Gasteiger partial charge in [-0.25, -0.2) is 8.78 Å². The van der Waals surface area contributed by atoms with Gasteiger partial charge in [0.2, 0.25) is 0 Å². The third-order valence-corrected chi connectivity index (χ3v) is 3.11. The third-order valence-electron chi connectivity index (χ3n) is 2.87. The number of carbonyl (C=O) groups is 1. The van der Waals surface area contributed by atoms with Crippen LogP contribution in [0.3, 0.4) is 0 Å². The lowest BCUT2D eigenvalue weighted by molar-refractivity contribution is 0.102. The standard InChI is InChI=1S/C15H13ClF2N2O/c1-20(2)14-6-4-10(16)8-13(14)19-15(21)9-3-5-11(17)12(18)7-9/h3-8H,1-2H3,(H,19,21). The quantitative estimate of drug-likeness (QED) is 0.931. The molecule has 1 amide bonds. The maximum absolute atomic E-state index is 13.2. The van der Waals surface area contributed by atoms with Crippen LogP contribution in [0.4, 0.5) is 20.2 Å². The first-order valence-electron chi connectivity index (χ1n) is 6.12. The molecule has 21 heavy (non-hydrogen) atoms. The summed E-state index contributed by atoms with van der Waals surface area (Å²) in [4.78, 5) is 13.9. The summed E-state index contributed by atoms with van der Waals surface area (Å²) in [5.74, 6) is -2.61. The van der Waals surface area contributed by atoms with Crippen LogP contribution in [0.25, 0.3) is 0 Å². The lowest BCUT2D eigenvalue weighted by Crippen LogP contribution is -2.17. The van der Waals surface area contributed by atoms with Crippen LogP contribution in [-0.2, 0) is 0 Å². The van der Waals surface area contributed by atoms with E-state index < -0.39 is 17.5 Å². The van der Waals surface area contributed by atoms with Gasteiger partial charge >= 0.3 is 0 Å². The zero-order valence-electron chi connectivity index (χ0n) is 11.5. The van der Waals surface area contributed by atoms with Gasteiger partial charge in [-0.1, -0.05) is 11.6 Å². The van der Waals surface area contributed by atoms with Gasteiger partial charge in [-0.15, -0.1) is 0 Å². The van der Waals surface area contributed by atoms with Crippen molar-refractivity contribution in [1.29, 1.82) is 0 Å². The molecule has 0 heterocycles. The Kier molecular flexibility index (Phi) is 4.43. The highest BCUT2D eigenvalue weighted by Crippen LogP contribution is 2.28. The van der Waals surface area contributed by atoms with Crippen LogP contribution in [0.5, 0.6) is 0 Å². The molecule has 2 rings (SSSR count). The molecule has 0 unspecified atom stereocenters. The number of carbonyl (C=O) groups excluding carboxylic acids is 1. The molecule has 0 atom stereocenters. The monoisotopic (exact) mass is 310 g/mol. The minimum absolute atomic E-state index is 0.0265. The summed E-state index contributed by atoms with van der Waals surface area (Å²) in [6.07, 6.45) is 0. The van der Waals surface area contributed by atoms with Gasteiger partial charge in [-0.2, -0.15) is 0 Å². The second-order valence-electron chi connectivity index (χ2n) is 4.64. The van der Waals surface area contributed by atoms with E-state index >= 15 is 0 Å². The highest BCUT2D eigenvalue weighted by Gasteiger charge is 2.13. The van der Waals surface area contributed by atoms with Gasteiger partial charge in [0.15, 0.2) is 11.6 Å². The van der Waals surface area contributed by atoms with Crippen LogP contribution in [0.2, 0.25) is 5.02 Å². The van der Waals surface area contributed by atoms with Crippen LogP contribution in [0, 0.1) is 11.6 Å². The van der Waals surface area contributed by atoms with E-state index in [9.17, 15) is 13.6 Å². The highest BCUT2D eigenvalue weighted by atomic mass is 35.5. The molecule has 0 aliphatic rings. The normalized spacial score (nSPS) is 10.3. The molecule has 110 valence electrons. The molecule has 2 aromatic rings. The Morgan fingerprint density at radius 3 is 2.43 bits per heavy atom. The Morgan fingerprint density at radius 2 is 1.81 bits per heavy atom. The predicted octanol–water partition coefficient (Wildman–Crippen LogP) is 3.94. The molecule has 0 fully saturated rings. The summed E-state index contributed by atoms with van der Waals surface area (Å²) < 4.78 is 26.0. The van der Waals surface area contributed by atoms with E-state index in [-0.39, 0.29) is 5.56 Å². The number of hydrogen-bond donors (Lipinski definition) is 1. The van der Waals surface area contributed by atoms with Crippen molar-refractivity contribution in [2.24, 2.45) is 0 Å². The fourth-order valence-electron chi connectivity index (χ4n) is 1.83. The van der Waals surface area contributed by atoms with E-state index in [2.05, 4.69) is 5.32 Å². The van der Waals surface area contributed by atoms with Gasteiger partial charge in [-0.3, -0.25) is 4.79 Å². The van der Waals surface area contributed by atoms with Crippen molar-refractivity contribution in [3.8, 4) is 0 Å². The first-order valence-corrected chi connectivity index (χ1v) is 6.49. The molecule has 0 aliphatic heterocycles. The smallest absolute Gasteiger partial charge is 0.255 e. The summed E-state index contributed by atoms with van der Waals surface area (Å²) in [6, 6.07) is 8.02. The number of rotatable bonds is 3. The fourth-order valence-corrected chi connectivity index (χ4v) is 2.00. The molecule has 0 bridgehead atoms. The van der Waals surface area contributed by atoms with Gasteiger partial charge in [0, 0.05) is 24.7 Å². The summed E-state index contributed by atoms with van der Waals surface area (Å²) in [5.41, 5.74) is 1.26. The van der Waals surface area contributed by atoms with Crippen molar-refractivity contribution in [3.63, 3.8) is 0 Å². The maximum atomic E-state index is 13.2. The Balaban J connectivity index is 2.30. The lowest BCUT2D eigenvalue weighted by Gasteiger charge is -2.18. The average molecular weight is 311 g/mol. The fraction of sp³-hybridized carbons (Fsp3) is 0.133. The highest BCUT2D eigenvalue weighted by molar-refractivity contribution is 6.31. The topological polar surface area (TPSA) is 32.3 Å². The van der Waals surface area contributed by atoms with Crippen LogP contribution in [0.1, 0.15) is 10.4 Å². The Hall–Kier alpha value is -2.14. The van der Waals surface area contributed by atoms with Crippen molar-refractivity contribution < 1.29 is 13.6 Å². The van der Waals surface area contributed by atoms with E-state index in [0.29, 0.717) is 10.7 Å². The van der Waals surface area contributed by atoms with E-state index in [1.807, 2.05) is 14.1 Å². The third kappa shape index (κ3) is 3.49. The lowest BCUT2D eigenvalue weighted by atomic mass is 10.2. The minimum Gasteiger partial charge on any atom is -0.376 e. The van der Waals surface area contributed by atoms with Gasteiger partial charge < -0.3 is 10.2 Å². The van der Waals surface area contributed by atoms with E-state index in [1.165, 1.54) is 6.07 Å². The molecule has 1 N–H and O–H groups in total. The van der Waals surface area contributed by atoms with E-state index in [4.69, 9.17) is 11.6 Å². The first kappa shape index (κ1) is 15.3. The van der Waals surface area contributed by atoms with Crippen LogP contribution in [0.15, 0.2) is 36.4 Å². The zero-order valence-corrected chi connectivity index (χ0v) is 12.2. The van der Waals surface area contributed by atoms with Crippen LogP contribution >= 0.6 is 11.6 Å². The van der Waals surface area contributed by atoms with Gasteiger partial charge in [0.05, 0.1) is 11.4 Å². The van der Waals surface area contributed by atoms with Crippen molar-refractivity contribution in [2.45, 2.75) is 0 Å². The van der Waals surface area contributed by atoms with Gasteiger partial charge in [0.25, 0.3) is 5.91 Å². The summed E-state index contributed by atoms with van der Waals surface area (Å²) in [6.45, 7) is 0. The largest absolute Gasteiger partial charge is 0.376 e. The number of benzene rings is 2. The summed E-state index contributed by atoms with van der Waals surface area (Å²) in [5, 5.41) is 3.10. The number of halogens is 3. The molecular formula is C15H13ClF2N2O. The molecule has 6 heteroatoms. The molecule has 0 saturated heterocycles. The Bertz CT molecular complexity index is 689. The van der Waals surface area contributed by atoms with Crippen molar-refractivity contribution >= 4 is 28.9 Å². The van der Waals surface area contributed by atoms with Gasteiger partial charge in [-0.05, 0) is 36.4 Å². The Labute approximate surface area is 126 Å². The van der Waals surface area contributed by atoms with E-state index in [1.54, 1.807) is 23.1 Å². The second kappa shape index (κ2) is 6.10. The maximum Gasteiger partial charge on any atom is 0.255 e. The number of anilines is 2. The average Bonchev–Trinajstić information content (AvgIpc) is 2.41. The molecule has 2 aromatic carbocycles. The predicted molar refractivity (Wildman–Crippen MR) is 80.1 cm³/mol. The van der Waals surface area contributed by atoms with Crippen LogP contribution < -0.4 is 10.2 Å². The molecule has 0 spiro atoms. The first-order chi connectivity index (χ1) is 9.88. The zero-order chi connectivity index (χ0) is 15.6. The molecule has 0 radical (unpaired) electrons. The van der Waals surface area contributed by atoms with Crippen molar-refractivity contribution in [1.82, 2.24) is 0 Å². The Morgan fingerprint density at radius 1 is 1.10 bits per heavy atom. The SMILES string of the molecule is CN(C)c1ccc(Cl)cc1NC(=O)c1ccc(F)c(F)c1. The number of amides is 1. The minimum atomic E-state index is -1.07.